The number of aromatic nitrogens is 1. The van der Waals surface area contributed by atoms with E-state index in [0.717, 1.165) is 27.0 Å². The molecule has 0 saturated carbocycles. The molecule has 0 unspecified atom stereocenters. The van der Waals surface area contributed by atoms with Crippen molar-refractivity contribution in [2.24, 2.45) is 0 Å². The van der Waals surface area contributed by atoms with Crippen molar-refractivity contribution >= 4 is 49.9 Å². The van der Waals surface area contributed by atoms with Crippen LogP contribution < -0.4 is 10.2 Å². The van der Waals surface area contributed by atoms with E-state index in [0.29, 0.717) is 10.7 Å². The molecule has 0 atom stereocenters. The third-order valence-corrected chi connectivity index (χ3v) is 6.28. The summed E-state index contributed by atoms with van der Waals surface area (Å²) in [6.45, 7) is 3.87. The van der Waals surface area contributed by atoms with Crippen LogP contribution in [0, 0.1) is 0 Å². The van der Waals surface area contributed by atoms with Gasteiger partial charge in [0.15, 0.2) is 5.13 Å². The number of rotatable bonds is 3. The van der Waals surface area contributed by atoms with Gasteiger partial charge in [-0.15, -0.1) is 11.3 Å². The fourth-order valence-corrected chi connectivity index (χ4v) is 4.35. The standard InChI is InChI=1S/C21H18BrN3O2S/c1-21(2)15-10-13(6-9-17(15)25(3)19(21)27)16-11-28-20(23-16)24-18(26)12-4-7-14(22)8-5-12/h4-11H,1-3H3,(H,23,24,26). The van der Waals surface area contributed by atoms with Crippen LogP contribution in [0.25, 0.3) is 11.3 Å². The van der Waals surface area contributed by atoms with Crippen LogP contribution >= 0.6 is 27.3 Å². The van der Waals surface area contributed by atoms with E-state index in [-0.39, 0.29) is 11.8 Å². The highest BCUT2D eigenvalue weighted by Gasteiger charge is 2.42. The number of amides is 2. The van der Waals surface area contributed by atoms with Crippen LogP contribution in [0.4, 0.5) is 10.8 Å². The maximum absolute atomic E-state index is 12.5. The van der Waals surface area contributed by atoms with E-state index < -0.39 is 5.41 Å². The van der Waals surface area contributed by atoms with E-state index in [4.69, 9.17) is 0 Å². The van der Waals surface area contributed by atoms with Gasteiger partial charge in [-0.05, 0) is 55.8 Å². The van der Waals surface area contributed by atoms with Gasteiger partial charge in [0, 0.05) is 33.7 Å². The molecule has 3 aromatic rings. The van der Waals surface area contributed by atoms with Crippen molar-refractivity contribution in [2.45, 2.75) is 19.3 Å². The van der Waals surface area contributed by atoms with E-state index >= 15 is 0 Å². The third kappa shape index (κ3) is 3.14. The Morgan fingerprint density at radius 3 is 2.61 bits per heavy atom. The van der Waals surface area contributed by atoms with Crippen LogP contribution in [0.1, 0.15) is 29.8 Å². The minimum atomic E-state index is -0.561. The van der Waals surface area contributed by atoms with E-state index in [1.165, 1.54) is 11.3 Å². The first kappa shape index (κ1) is 18.8. The van der Waals surface area contributed by atoms with Crippen molar-refractivity contribution in [1.82, 2.24) is 4.98 Å². The lowest BCUT2D eigenvalue weighted by Gasteiger charge is -2.16. The lowest BCUT2D eigenvalue weighted by atomic mass is 9.85. The molecule has 0 bridgehead atoms. The fraction of sp³-hybridized carbons (Fsp3) is 0.190. The van der Waals surface area contributed by atoms with Crippen LogP contribution in [0.2, 0.25) is 0 Å². The molecule has 0 saturated heterocycles. The van der Waals surface area contributed by atoms with E-state index in [1.807, 2.05) is 49.6 Å². The van der Waals surface area contributed by atoms with Crippen LogP contribution in [0.3, 0.4) is 0 Å². The zero-order chi connectivity index (χ0) is 20.1. The number of halogens is 1. The van der Waals surface area contributed by atoms with Crippen molar-refractivity contribution in [2.75, 3.05) is 17.3 Å². The number of anilines is 2. The summed E-state index contributed by atoms with van der Waals surface area (Å²) in [6.07, 6.45) is 0. The minimum absolute atomic E-state index is 0.0837. The fourth-order valence-electron chi connectivity index (χ4n) is 3.37. The predicted octanol–water partition coefficient (Wildman–Crippen LogP) is 5.08. The first-order valence-electron chi connectivity index (χ1n) is 8.73. The number of carbonyl (C=O) groups is 2. The molecule has 1 aliphatic heterocycles. The average molecular weight is 456 g/mol. The number of fused-ring (bicyclic) bond motifs is 1. The predicted molar refractivity (Wildman–Crippen MR) is 116 cm³/mol. The smallest absolute Gasteiger partial charge is 0.257 e. The second kappa shape index (κ2) is 6.83. The molecule has 1 aliphatic rings. The molecule has 0 radical (unpaired) electrons. The third-order valence-electron chi connectivity index (χ3n) is 5.00. The molecule has 0 aliphatic carbocycles. The zero-order valence-electron chi connectivity index (χ0n) is 15.6. The molecule has 5 nitrogen and oxygen atoms in total. The first-order valence-corrected chi connectivity index (χ1v) is 10.4. The highest BCUT2D eigenvalue weighted by Crippen LogP contribution is 2.42. The maximum Gasteiger partial charge on any atom is 0.257 e. The summed E-state index contributed by atoms with van der Waals surface area (Å²) in [5, 5.41) is 5.29. The monoisotopic (exact) mass is 455 g/mol. The molecule has 1 N–H and O–H groups in total. The molecule has 4 rings (SSSR count). The van der Waals surface area contributed by atoms with Gasteiger partial charge in [0.1, 0.15) is 0 Å². The summed E-state index contributed by atoms with van der Waals surface area (Å²) in [7, 11) is 1.80. The van der Waals surface area contributed by atoms with Gasteiger partial charge in [0.05, 0.1) is 11.1 Å². The second-order valence-corrected chi connectivity index (χ2v) is 8.99. The Balaban J connectivity index is 1.59. The Morgan fingerprint density at radius 1 is 1.18 bits per heavy atom. The highest BCUT2D eigenvalue weighted by molar-refractivity contribution is 9.10. The van der Waals surface area contributed by atoms with Gasteiger partial charge < -0.3 is 4.90 Å². The normalized spacial score (nSPS) is 14.9. The second-order valence-electron chi connectivity index (χ2n) is 7.22. The summed E-state index contributed by atoms with van der Waals surface area (Å²) in [4.78, 5) is 31.1. The molecule has 1 aromatic heterocycles. The number of benzene rings is 2. The van der Waals surface area contributed by atoms with E-state index in [1.54, 1.807) is 24.1 Å². The van der Waals surface area contributed by atoms with E-state index in [9.17, 15) is 9.59 Å². The number of hydrogen-bond donors (Lipinski definition) is 1. The zero-order valence-corrected chi connectivity index (χ0v) is 18.0. The van der Waals surface area contributed by atoms with Crippen molar-refractivity contribution in [3.63, 3.8) is 0 Å². The van der Waals surface area contributed by atoms with Crippen LogP contribution in [-0.2, 0) is 10.2 Å². The molecule has 0 spiro atoms. The molecule has 0 fully saturated rings. The van der Waals surface area contributed by atoms with Gasteiger partial charge in [-0.25, -0.2) is 4.98 Å². The average Bonchev–Trinajstić information content (AvgIpc) is 3.20. The number of carbonyl (C=O) groups excluding carboxylic acids is 2. The SMILES string of the molecule is CN1C(=O)C(C)(C)c2cc(-c3csc(NC(=O)c4ccc(Br)cc4)n3)ccc21. The molecule has 28 heavy (non-hydrogen) atoms. The van der Waals surface area contributed by atoms with Gasteiger partial charge >= 0.3 is 0 Å². The van der Waals surface area contributed by atoms with Crippen molar-refractivity contribution in [3.05, 3.63) is 63.4 Å². The van der Waals surface area contributed by atoms with Crippen LogP contribution in [-0.4, -0.2) is 23.8 Å². The molecule has 2 aromatic carbocycles. The van der Waals surface area contributed by atoms with Gasteiger partial charge in [0.25, 0.3) is 5.91 Å². The molecule has 2 heterocycles. The van der Waals surface area contributed by atoms with Gasteiger partial charge in [-0.2, -0.15) is 0 Å². The molecular weight excluding hydrogens is 438 g/mol. The summed E-state index contributed by atoms with van der Waals surface area (Å²) < 4.78 is 0.921. The molecular formula is C21H18BrN3O2S. The molecule has 142 valence electrons. The van der Waals surface area contributed by atoms with Gasteiger partial charge in [0.2, 0.25) is 5.91 Å². The number of nitrogens with zero attached hydrogens (tertiary/aromatic N) is 2. The Hall–Kier alpha value is -2.51. The van der Waals surface area contributed by atoms with Crippen LogP contribution in [0.5, 0.6) is 0 Å². The number of likely N-dealkylation sites (N-methyl/N-ethyl adjacent to an activating group) is 1. The topological polar surface area (TPSA) is 62.3 Å². The summed E-state index contributed by atoms with van der Waals surface area (Å²) in [5.41, 5.74) is 3.63. The number of nitrogens with one attached hydrogen (secondary N) is 1. The van der Waals surface area contributed by atoms with E-state index in [2.05, 4.69) is 26.2 Å². The summed E-state index contributed by atoms with van der Waals surface area (Å²) in [5.74, 6) is -0.115. The Bertz CT molecular complexity index is 1090. The molecule has 7 heteroatoms. The number of thiazole rings is 1. The first-order chi connectivity index (χ1) is 13.3. The maximum atomic E-state index is 12.5. The summed E-state index contributed by atoms with van der Waals surface area (Å²) >= 11 is 4.74. The Labute approximate surface area is 175 Å². The Morgan fingerprint density at radius 2 is 1.89 bits per heavy atom. The minimum Gasteiger partial charge on any atom is -0.314 e. The van der Waals surface area contributed by atoms with Gasteiger partial charge in [-0.1, -0.05) is 22.0 Å². The summed E-state index contributed by atoms with van der Waals surface area (Å²) in [6, 6.07) is 13.1. The quantitative estimate of drug-likeness (QED) is 0.598. The Kier molecular flexibility index (Phi) is 4.59. The van der Waals surface area contributed by atoms with Crippen molar-refractivity contribution < 1.29 is 9.59 Å². The van der Waals surface area contributed by atoms with Gasteiger partial charge in [-0.3, -0.25) is 14.9 Å². The lowest BCUT2D eigenvalue weighted by molar-refractivity contribution is -0.121. The largest absolute Gasteiger partial charge is 0.314 e. The van der Waals surface area contributed by atoms with Crippen molar-refractivity contribution in [3.8, 4) is 11.3 Å². The van der Waals surface area contributed by atoms with Crippen LogP contribution in [0.15, 0.2) is 52.3 Å². The lowest BCUT2D eigenvalue weighted by Crippen LogP contribution is -2.33. The number of hydrogen-bond acceptors (Lipinski definition) is 4. The highest BCUT2D eigenvalue weighted by atomic mass is 79.9. The molecule has 2 amide bonds. The van der Waals surface area contributed by atoms with Crippen molar-refractivity contribution in [1.29, 1.82) is 0 Å².